The van der Waals surface area contributed by atoms with E-state index in [4.69, 9.17) is 5.73 Å². The first-order valence-corrected chi connectivity index (χ1v) is 11.4. The van der Waals surface area contributed by atoms with Crippen molar-refractivity contribution in [3.05, 3.63) is 76.7 Å². The number of hydrogen-bond acceptors (Lipinski definition) is 5. The molecule has 3 heterocycles. The van der Waals surface area contributed by atoms with E-state index in [1.807, 2.05) is 11.0 Å². The highest BCUT2D eigenvalue weighted by Gasteiger charge is 2.27. The number of carbonyl (C=O) groups is 2. The van der Waals surface area contributed by atoms with E-state index in [1.54, 1.807) is 23.3 Å². The van der Waals surface area contributed by atoms with Crippen LogP contribution in [0.5, 0.6) is 0 Å². The monoisotopic (exact) mass is 444 g/mol. The van der Waals surface area contributed by atoms with Gasteiger partial charge in [-0.3, -0.25) is 14.3 Å². The summed E-state index contributed by atoms with van der Waals surface area (Å²) < 4.78 is 1.76. The van der Waals surface area contributed by atoms with E-state index in [1.165, 1.54) is 0 Å². The van der Waals surface area contributed by atoms with E-state index in [2.05, 4.69) is 46.6 Å². The molecule has 1 saturated heterocycles. The van der Waals surface area contributed by atoms with Crippen molar-refractivity contribution in [1.82, 2.24) is 25.0 Å². The Kier molecular flexibility index (Phi) is 5.58. The van der Waals surface area contributed by atoms with Gasteiger partial charge in [0.15, 0.2) is 0 Å². The summed E-state index contributed by atoms with van der Waals surface area (Å²) in [4.78, 5) is 30.8. The second-order valence-electron chi connectivity index (χ2n) is 9.16. The summed E-state index contributed by atoms with van der Waals surface area (Å²) in [6.45, 7) is 4.17. The molecule has 2 aromatic heterocycles. The first kappa shape index (κ1) is 21.2. The highest BCUT2D eigenvalue weighted by atomic mass is 16.2. The third kappa shape index (κ3) is 4.46. The molecule has 2 amide bonds. The number of fused-ring (bicyclic) bond motifs is 1. The van der Waals surface area contributed by atoms with Crippen molar-refractivity contribution >= 4 is 17.6 Å². The van der Waals surface area contributed by atoms with Gasteiger partial charge in [0.1, 0.15) is 5.82 Å². The zero-order valence-corrected chi connectivity index (χ0v) is 18.7. The molecule has 8 heteroatoms. The molecule has 1 unspecified atom stereocenters. The van der Waals surface area contributed by atoms with Gasteiger partial charge in [-0.2, -0.15) is 5.10 Å². The van der Waals surface area contributed by atoms with E-state index in [-0.39, 0.29) is 17.9 Å². The zero-order chi connectivity index (χ0) is 22.9. The molecule has 3 aromatic rings. The van der Waals surface area contributed by atoms with E-state index >= 15 is 0 Å². The number of nitrogen functional groups attached to an aromatic ring is 1. The van der Waals surface area contributed by atoms with Gasteiger partial charge in [0.05, 0.1) is 24.3 Å². The maximum absolute atomic E-state index is 12.8. The molecule has 33 heavy (non-hydrogen) atoms. The van der Waals surface area contributed by atoms with Gasteiger partial charge in [-0.15, -0.1) is 0 Å². The minimum absolute atomic E-state index is 0.0563. The summed E-state index contributed by atoms with van der Waals surface area (Å²) in [6, 6.07) is 10.1. The number of aromatic nitrogens is 3. The molecule has 1 aliphatic heterocycles. The van der Waals surface area contributed by atoms with Crippen LogP contribution in [0.25, 0.3) is 0 Å². The topological polar surface area (TPSA) is 106 Å². The maximum atomic E-state index is 12.8. The van der Waals surface area contributed by atoms with E-state index in [0.29, 0.717) is 36.8 Å². The Morgan fingerprint density at radius 1 is 1.18 bits per heavy atom. The van der Waals surface area contributed by atoms with Gasteiger partial charge >= 0.3 is 0 Å². The summed E-state index contributed by atoms with van der Waals surface area (Å²) >= 11 is 0. The predicted molar refractivity (Wildman–Crippen MR) is 124 cm³/mol. The molecule has 2 aliphatic rings. The lowest BCUT2D eigenvalue weighted by molar-refractivity contribution is -0.128. The minimum atomic E-state index is -0.144. The van der Waals surface area contributed by atoms with Crippen LogP contribution in [0.1, 0.15) is 58.4 Å². The lowest BCUT2D eigenvalue weighted by Gasteiger charge is -2.16. The van der Waals surface area contributed by atoms with Crippen molar-refractivity contribution in [2.75, 3.05) is 12.3 Å². The Bertz CT molecular complexity index is 1190. The Morgan fingerprint density at radius 3 is 2.67 bits per heavy atom. The van der Waals surface area contributed by atoms with Crippen LogP contribution in [0.3, 0.4) is 0 Å². The molecule has 1 aromatic carbocycles. The van der Waals surface area contributed by atoms with Crippen LogP contribution in [-0.2, 0) is 24.3 Å². The fraction of sp³-hybridized carbons (Fsp3) is 0.360. The van der Waals surface area contributed by atoms with Crippen LogP contribution in [0.4, 0.5) is 5.82 Å². The molecule has 5 rings (SSSR count). The van der Waals surface area contributed by atoms with Gasteiger partial charge in [0.25, 0.3) is 5.91 Å². The minimum Gasteiger partial charge on any atom is -0.383 e. The van der Waals surface area contributed by atoms with Crippen molar-refractivity contribution in [1.29, 1.82) is 0 Å². The first-order valence-electron chi connectivity index (χ1n) is 11.4. The number of pyridine rings is 1. The van der Waals surface area contributed by atoms with Crippen molar-refractivity contribution in [3.8, 4) is 0 Å². The number of anilines is 1. The second-order valence-corrected chi connectivity index (χ2v) is 9.16. The molecule has 170 valence electrons. The molecule has 1 fully saturated rings. The lowest BCUT2D eigenvalue weighted by Crippen LogP contribution is -2.26. The fourth-order valence-corrected chi connectivity index (χ4v) is 4.81. The molecular formula is C25H28N6O2. The highest BCUT2D eigenvalue weighted by Crippen LogP contribution is 2.33. The van der Waals surface area contributed by atoms with E-state index in [0.717, 1.165) is 41.6 Å². The average Bonchev–Trinajstić information content (AvgIpc) is 3.50. The lowest BCUT2D eigenvalue weighted by atomic mass is 10.1. The predicted octanol–water partition coefficient (Wildman–Crippen LogP) is 2.69. The molecule has 0 saturated carbocycles. The summed E-state index contributed by atoms with van der Waals surface area (Å²) in [6.07, 6.45) is 7.34. The number of rotatable bonds is 6. The number of nitrogens with one attached hydrogen (secondary N) is 1. The summed E-state index contributed by atoms with van der Waals surface area (Å²) in [5.74, 6) is 1.07. The van der Waals surface area contributed by atoms with Gasteiger partial charge in [0.2, 0.25) is 5.91 Å². The van der Waals surface area contributed by atoms with Crippen molar-refractivity contribution in [2.45, 2.75) is 45.3 Å². The van der Waals surface area contributed by atoms with Crippen LogP contribution < -0.4 is 11.1 Å². The van der Waals surface area contributed by atoms with Crippen LogP contribution >= 0.6 is 0 Å². The first-order chi connectivity index (χ1) is 16.0. The van der Waals surface area contributed by atoms with Gasteiger partial charge in [-0.25, -0.2) is 4.98 Å². The van der Waals surface area contributed by atoms with Crippen molar-refractivity contribution in [2.24, 2.45) is 5.92 Å². The molecule has 8 nitrogen and oxygen atoms in total. The largest absolute Gasteiger partial charge is 0.383 e. The highest BCUT2D eigenvalue weighted by molar-refractivity contribution is 5.94. The van der Waals surface area contributed by atoms with Gasteiger partial charge in [0, 0.05) is 31.9 Å². The van der Waals surface area contributed by atoms with Crippen LogP contribution in [0, 0.1) is 5.92 Å². The molecule has 0 bridgehead atoms. The van der Waals surface area contributed by atoms with Crippen LogP contribution in [0.2, 0.25) is 0 Å². The normalized spacial score (nSPS) is 19.7. The molecular weight excluding hydrogens is 416 g/mol. The van der Waals surface area contributed by atoms with E-state index < -0.39 is 0 Å². The van der Waals surface area contributed by atoms with Crippen LogP contribution in [-0.4, -0.2) is 38.0 Å². The fourth-order valence-electron chi connectivity index (χ4n) is 4.81. The summed E-state index contributed by atoms with van der Waals surface area (Å²) in [5.41, 5.74) is 10.8. The summed E-state index contributed by atoms with van der Waals surface area (Å²) in [5, 5.41) is 7.46. The third-order valence-electron chi connectivity index (χ3n) is 6.53. The SMILES string of the molecule is C[C@H]1CC(=O)N(Cc2ccc(Cn3cc(C(=O)NC4CCc5c4ccnc5N)cn3)cc2)C1. The van der Waals surface area contributed by atoms with Crippen molar-refractivity contribution in [3.63, 3.8) is 0 Å². The molecule has 0 radical (unpaired) electrons. The number of nitrogens with two attached hydrogens (primary N) is 1. The maximum Gasteiger partial charge on any atom is 0.254 e. The number of nitrogens with zero attached hydrogens (tertiary/aromatic N) is 4. The smallest absolute Gasteiger partial charge is 0.254 e. The molecule has 0 spiro atoms. The van der Waals surface area contributed by atoms with Gasteiger partial charge in [-0.1, -0.05) is 31.2 Å². The molecule has 2 atom stereocenters. The standard InChI is InChI=1S/C25H28N6O2/c1-16-10-23(32)30(12-16)13-17-2-4-18(5-3-17)14-31-15-19(11-28-31)25(33)29-22-7-6-21-20(22)8-9-27-24(21)26/h2-5,8-9,11,15-16,22H,6-7,10,12-14H2,1H3,(H2,26,27)(H,29,33)/t16-,22?/m0/s1. The number of amides is 2. The van der Waals surface area contributed by atoms with E-state index in [9.17, 15) is 9.59 Å². The third-order valence-corrected chi connectivity index (χ3v) is 6.53. The summed E-state index contributed by atoms with van der Waals surface area (Å²) in [7, 11) is 0. The number of carbonyl (C=O) groups excluding carboxylic acids is 2. The number of benzene rings is 1. The Labute approximate surface area is 192 Å². The second kappa shape index (κ2) is 8.69. The Hall–Kier alpha value is -3.68. The Balaban J connectivity index is 1.19. The van der Waals surface area contributed by atoms with Crippen LogP contribution in [0.15, 0.2) is 48.9 Å². The zero-order valence-electron chi connectivity index (χ0n) is 18.7. The molecule has 3 N–H and O–H groups in total. The van der Waals surface area contributed by atoms with Crippen molar-refractivity contribution < 1.29 is 9.59 Å². The van der Waals surface area contributed by atoms with Gasteiger partial charge < -0.3 is 16.0 Å². The quantitative estimate of drug-likeness (QED) is 0.608. The Morgan fingerprint density at radius 2 is 1.94 bits per heavy atom. The van der Waals surface area contributed by atoms with Gasteiger partial charge in [-0.05, 0) is 47.1 Å². The molecule has 1 aliphatic carbocycles. The average molecular weight is 445 g/mol. The number of hydrogen-bond donors (Lipinski definition) is 2. The number of likely N-dealkylation sites (tertiary alicyclic amines) is 1.